The number of hydrogen-bond acceptors (Lipinski definition) is 6. The first-order chi connectivity index (χ1) is 9.10. The maximum Gasteiger partial charge on any atom is 0.246 e. The van der Waals surface area contributed by atoms with Gasteiger partial charge < -0.3 is 20.1 Å². The second kappa shape index (κ2) is 5.81. The molecule has 19 heavy (non-hydrogen) atoms. The van der Waals surface area contributed by atoms with Crippen LogP contribution >= 0.6 is 0 Å². The lowest BCUT2D eigenvalue weighted by molar-refractivity contribution is 0.146. The molecule has 0 aliphatic carbocycles. The van der Waals surface area contributed by atoms with Gasteiger partial charge in [-0.3, -0.25) is 0 Å². The first kappa shape index (κ1) is 13.5. The van der Waals surface area contributed by atoms with Crippen molar-refractivity contribution < 1.29 is 14.4 Å². The summed E-state index contributed by atoms with van der Waals surface area (Å²) in [4.78, 5) is 4.18. The molecule has 0 saturated carbocycles. The van der Waals surface area contributed by atoms with Gasteiger partial charge in [-0.2, -0.15) is 4.98 Å². The fourth-order valence-electron chi connectivity index (χ4n) is 1.65. The minimum atomic E-state index is -0.731. The van der Waals surface area contributed by atoms with Gasteiger partial charge in [0.2, 0.25) is 5.89 Å². The molecule has 1 heterocycles. The average Bonchev–Trinajstić information content (AvgIpc) is 2.86. The zero-order chi connectivity index (χ0) is 13.8. The molecule has 2 rings (SSSR count). The lowest BCUT2D eigenvalue weighted by atomic mass is 10.1. The molecule has 1 aromatic carbocycles. The molecular formula is C13H17N3O3. The molecule has 0 spiro atoms. The van der Waals surface area contributed by atoms with Gasteiger partial charge in [-0.1, -0.05) is 17.3 Å². The summed E-state index contributed by atoms with van der Waals surface area (Å²) in [5.74, 6) is 1.55. The normalized spacial score (nSPS) is 14.1. The molecule has 3 N–H and O–H groups in total. The van der Waals surface area contributed by atoms with Crippen LogP contribution in [0.4, 0.5) is 0 Å². The van der Waals surface area contributed by atoms with Gasteiger partial charge in [-0.05, 0) is 24.6 Å². The molecule has 1 aromatic heterocycles. The van der Waals surface area contributed by atoms with E-state index in [4.69, 9.17) is 15.0 Å². The highest BCUT2D eigenvalue weighted by Gasteiger charge is 2.19. The summed E-state index contributed by atoms with van der Waals surface area (Å²) >= 11 is 0. The van der Waals surface area contributed by atoms with E-state index in [1.54, 1.807) is 14.0 Å². The van der Waals surface area contributed by atoms with Gasteiger partial charge in [0.25, 0.3) is 0 Å². The van der Waals surface area contributed by atoms with Crippen LogP contribution < -0.4 is 10.5 Å². The van der Waals surface area contributed by atoms with Crippen LogP contribution in [0.1, 0.15) is 30.2 Å². The standard InChI is InChI=1S/C13H17N3O3/c1-8(17)12(14)13-15-11(16-19-13)7-9-4-3-5-10(6-9)18-2/h3-6,8,12,17H,7,14H2,1-2H3/t8-,12+/m1/s1. The molecule has 6 heteroatoms. The second-order valence-corrected chi connectivity index (χ2v) is 4.34. The van der Waals surface area contributed by atoms with Gasteiger partial charge in [0.1, 0.15) is 11.8 Å². The maximum atomic E-state index is 9.37. The Morgan fingerprint density at radius 1 is 1.47 bits per heavy atom. The van der Waals surface area contributed by atoms with Gasteiger partial charge in [0, 0.05) is 6.42 Å². The summed E-state index contributed by atoms with van der Waals surface area (Å²) in [6.07, 6.45) is -0.210. The number of nitrogens with zero attached hydrogens (tertiary/aromatic N) is 2. The summed E-state index contributed by atoms with van der Waals surface area (Å²) in [6, 6.07) is 6.97. The third-order valence-corrected chi connectivity index (χ3v) is 2.79. The summed E-state index contributed by atoms with van der Waals surface area (Å²) in [6.45, 7) is 1.58. The van der Waals surface area contributed by atoms with Crippen LogP contribution in [0, 0.1) is 0 Å². The van der Waals surface area contributed by atoms with Crippen LogP contribution in [0.15, 0.2) is 28.8 Å². The number of methoxy groups -OCH3 is 1. The van der Waals surface area contributed by atoms with E-state index in [0.717, 1.165) is 11.3 Å². The van der Waals surface area contributed by atoms with Crippen LogP contribution in [0.25, 0.3) is 0 Å². The van der Waals surface area contributed by atoms with Crippen molar-refractivity contribution in [2.24, 2.45) is 5.73 Å². The molecule has 0 fully saturated rings. The summed E-state index contributed by atoms with van der Waals surface area (Å²) in [5, 5.41) is 13.2. The predicted octanol–water partition coefficient (Wildman–Crippen LogP) is 1.05. The van der Waals surface area contributed by atoms with Crippen molar-refractivity contribution in [1.82, 2.24) is 10.1 Å². The van der Waals surface area contributed by atoms with E-state index in [2.05, 4.69) is 10.1 Å². The predicted molar refractivity (Wildman–Crippen MR) is 68.7 cm³/mol. The number of hydrogen-bond donors (Lipinski definition) is 2. The fourth-order valence-corrected chi connectivity index (χ4v) is 1.65. The number of ether oxygens (including phenoxy) is 1. The van der Waals surface area contributed by atoms with Crippen LogP contribution in [0.3, 0.4) is 0 Å². The van der Waals surface area contributed by atoms with Gasteiger partial charge in [-0.25, -0.2) is 0 Å². The van der Waals surface area contributed by atoms with Gasteiger partial charge in [0.15, 0.2) is 5.82 Å². The van der Waals surface area contributed by atoms with Crippen molar-refractivity contribution in [2.45, 2.75) is 25.5 Å². The van der Waals surface area contributed by atoms with Crippen molar-refractivity contribution in [3.05, 3.63) is 41.5 Å². The van der Waals surface area contributed by atoms with Crippen molar-refractivity contribution >= 4 is 0 Å². The van der Waals surface area contributed by atoms with E-state index < -0.39 is 12.1 Å². The van der Waals surface area contributed by atoms with Gasteiger partial charge >= 0.3 is 0 Å². The zero-order valence-electron chi connectivity index (χ0n) is 10.9. The number of aliphatic hydroxyl groups is 1. The molecule has 0 radical (unpaired) electrons. The minimum Gasteiger partial charge on any atom is -0.497 e. The molecular weight excluding hydrogens is 246 g/mol. The Bertz CT molecular complexity index is 539. The number of nitrogens with two attached hydrogens (primary N) is 1. The molecule has 0 saturated heterocycles. The fraction of sp³-hybridized carbons (Fsp3) is 0.385. The first-order valence-corrected chi connectivity index (χ1v) is 5.99. The van der Waals surface area contributed by atoms with Crippen molar-refractivity contribution in [3.8, 4) is 5.75 Å². The maximum absolute atomic E-state index is 9.37. The molecule has 2 aromatic rings. The second-order valence-electron chi connectivity index (χ2n) is 4.34. The SMILES string of the molecule is COc1cccc(Cc2noc([C@@H](N)[C@@H](C)O)n2)c1. The summed E-state index contributed by atoms with van der Waals surface area (Å²) in [5.41, 5.74) is 6.74. The van der Waals surface area contributed by atoms with E-state index in [0.29, 0.717) is 12.2 Å². The summed E-state index contributed by atoms with van der Waals surface area (Å²) < 4.78 is 10.2. The van der Waals surface area contributed by atoms with Gasteiger partial charge in [0.05, 0.1) is 13.2 Å². The van der Waals surface area contributed by atoms with E-state index in [-0.39, 0.29) is 5.89 Å². The van der Waals surface area contributed by atoms with E-state index in [1.807, 2.05) is 24.3 Å². The number of benzene rings is 1. The molecule has 0 amide bonds. The minimum absolute atomic E-state index is 0.243. The van der Waals surface area contributed by atoms with Crippen LogP contribution in [0.5, 0.6) is 5.75 Å². The van der Waals surface area contributed by atoms with E-state index in [1.165, 1.54) is 0 Å². The third-order valence-electron chi connectivity index (χ3n) is 2.79. The Morgan fingerprint density at radius 3 is 2.95 bits per heavy atom. The number of aromatic nitrogens is 2. The van der Waals surface area contributed by atoms with Gasteiger partial charge in [-0.15, -0.1) is 0 Å². The molecule has 0 aliphatic rings. The molecule has 0 unspecified atom stereocenters. The Hall–Kier alpha value is -1.92. The van der Waals surface area contributed by atoms with Crippen molar-refractivity contribution in [1.29, 1.82) is 0 Å². The monoisotopic (exact) mass is 263 g/mol. The van der Waals surface area contributed by atoms with E-state index >= 15 is 0 Å². The zero-order valence-corrected chi connectivity index (χ0v) is 10.9. The van der Waals surface area contributed by atoms with Crippen molar-refractivity contribution in [3.63, 3.8) is 0 Å². The molecule has 6 nitrogen and oxygen atoms in total. The van der Waals surface area contributed by atoms with Crippen LogP contribution in [-0.2, 0) is 6.42 Å². The number of aliphatic hydroxyl groups excluding tert-OH is 1. The molecule has 0 aliphatic heterocycles. The highest BCUT2D eigenvalue weighted by molar-refractivity contribution is 5.30. The Kier molecular flexibility index (Phi) is 4.13. The molecule has 102 valence electrons. The Labute approximate surface area is 111 Å². The lowest BCUT2D eigenvalue weighted by Gasteiger charge is -2.08. The highest BCUT2D eigenvalue weighted by atomic mass is 16.5. The average molecular weight is 263 g/mol. The van der Waals surface area contributed by atoms with Crippen molar-refractivity contribution in [2.75, 3.05) is 7.11 Å². The van der Waals surface area contributed by atoms with Crippen LogP contribution in [-0.4, -0.2) is 28.5 Å². The first-order valence-electron chi connectivity index (χ1n) is 5.99. The Morgan fingerprint density at radius 2 is 2.26 bits per heavy atom. The Balaban J connectivity index is 2.11. The van der Waals surface area contributed by atoms with Crippen LogP contribution in [0.2, 0.25) is 0 Å². The summed E-state index contributed by atoms with van der Waals surface area (Å²) in [7, 11) is 1.62. The molecule has 2 atom stereocenters. The smallest absolute Gasteiger partial charge is 0.246 e. The molecule has 0 bridgehead atoms. The van der Waals surface area contributed by atoms with E-state index in [9.17, 15) is 5.11 Å². The highest BCUT2D eigenvalue weighted by Crippen LogP contribution is 2.16. The quantitative estimate of drug-likeness (QED) is 0.837. The largest absolute Gasteiger partial charge is 0.497 e. The number of rotatable bonds is 5. The topological polar surface area (TPSA) is 94.4 Å². The lowest BCUT2D eigenvalue weighted by Crippen LogP contribution is -2.23. The third kappa shape index (κ3) is 3.30.